The lowest BCUT2D eigenvalue weighted by Crippen LogP contribution is -2.31. The molecule has 0 saturated carbocycles. The maximum atomic E-state index is 13.4. The van der Waals surface area contributed by atoms with Gasteiger partial charge in [0.15, 0.2) is 5.13 Å². The van der Waals surface area contributed by atoms with E-state index in [4.69, 9.17) is 19.2 Å². The van der Waals surface area contributed by atoms with E-state index in [1.165, 1.54) is 11.3 Å². The Labute approximate surface area is 190 Å². The highest BCUT2D eigenvalue weighted by molar-refractivity contribution is 7.22. The van der Waals surface area contributed by atoms with Gasteiger partial charge >= 0.3 is 0 Å². The molecule has 1 amide bonds. The summed E-state index contributed by atoms with van der Waals surface area (Å²) < 4.78 is 17.0. The Hall–Kier alpha value is -3.65. The maximum Gasteiger partial charge on any atom is 0.233 e. The van der Waals surface area contributed by atoms with Crippen molar-refractivity contribution in [3.63, 3.8) is 0 Å². The van der Waals surface area contributed by atoms with Crippen molar-refractivity contribution in [1.29, 1.82) is 0 Å². The van der Waals surface area contributed by atoms with Gasteiger partial charge in [0.25, 0.3) is 0 Å². The van der Waals surface area contributed by atoms with E-state index in [1.807, 2.05) is 48.5 Å². The van der Waals surface area contributed by atoms with Crippen molar-refractivity contribution in [3.05, 3.63) is 72.1 Å². The van der Waals surface area contributed by atoms with Crippen LogP contribution in [-0.2, 0) is 17.8 Å². The van der Waals surface area contributed by atoms with Crippen molar-refractivity contribution in [2.75, 3.05) is 26.2 Å². The number of benzene rings is 2. The minimum absolute atomic E-state index is 0.0731. The number of anilines is 1. The van der Waals surface area contributed by atoms with Crippen LogP contribution in [0.5, 0.6) is 17.2 Å². The first kappa shape index (κ1) is 21.6. The average molecular weight is 450 g/mol. The van der Waals surface area contributed by atoms with Crippen molar-refractivity contribution in [2.45, 2.75) is 13.0 Å². The van der Waals surface area contributed by atoms with Crippen LogP contribution < -0.4 is 19.1 Å². The number of pyridine rings is 1. The number of rotatable bonds is 8. The Morgan fingerprint density at radius 1 is 0.938 bits per heavy atom. The molecule has 2 heterocycles. The van der Waals surface area contributed by atoms with Crippen LogP contribution in [0.1, 0.15) is 11.1 Å². The zero-order valence-corrected chi connectivity index (χ0v) is 18.9. The lowest BCUT2D eigenvalue weighted by Gasteiger charge is -2.20. The number of carbonyl (C=O) groups excluding carboxylic acids is 1. The monoisotopic (exact) mass is 449 g/mol. The number of thiazole rings is 1. The number of carbonyl (C=O) groups is 1. The molecule has 2 aromatic heterocycles. The molecule has 2 aromatic carbocycles. The average Bonchev–Trinajstić information content (AvgIpc) is 3.28. The molecule has 0 spiro atoms. The summed E-state index contributed by atoms with van der Waals surface area (Å²) in [7, 11) is 4.83. The highest BCUT2D eigenvalue weighted by Gasteiger charge is 2.23. The third-order valence-corrected chi connectivity index (χ3v) is 6.10. The lowest BCUT2D eigenvalue weighted by atomic mass is 10.1. The molecule has 0 saturated heterocycles. The van der Waals surface area contributed by atoms with E-state index in [9.17, 15) is 4.79 Å². The quantitative estimate of drug-likeness (QED) is 0.395. The summed E-state index contributed by atoms with van der Waals surface area (Å²) in [4.78, 5) is 24.1. The summed E-state index contributed by atoms with van der Waals surface area (Å²) in [6.07, 6.45) is 3.69. The molecule has 8 heteroatoms. The second-order valence-corrected chi connectivity index (χ2v) is 7.99. The molecule has 0 aliphatic rings. The molecule has 0 bridgehead atoms. The van der Waals surface area contributed by atoms with Crippen LogP contribution in [0, 0.1) is 0 Å². The van der Waals surface area contributed by atoms with Gasteiger partial charge < -0.3 is 14.2 Å². The van der Waals surface area contributed by atoms with Gasteiger partial charge in [-0.1, -0.05) is 29.5 Å². The SMILES string of the molecule is COc1ccc(CC(=O)N(Cc2cccnc2)c2nc3c(OC)ccc(OC)c3s2)cc1. The topological polar surface area (TPSA) is 73.8 Å². The molecule has 0 radical (unpaired) electrons. The fourth-order valence-electron chi connectivity index (χ4n) is 3.34. The van der Waals surface area contributed by atoms with E-state index in [0.29, 0.717) is 28.7 Å². The third-order valence-electron chi connectivity index (χ3n) is 5.01. The van der Waals surface area contributed by atoms with Crippen molar-refractivity contribution in [3.8, 4) is 17.2 Å². The largest absolute Gasteiger partial charge is 0.497 e. The van der Waals surface area contributed by atoms with Gasteiger partial charge in [0, 0.05) is 12.4 Å². The second kappa shape index (κ2) is 9.65. The van der Waals surface area contributed by atoms with Gasteiger partial charge in [0.2, 0.25) is 5.91 Å². The van der Waals surface area contributed by atoms with Crippen LogP contribution in [0.15, 0.2) is 60.9 Å². The first-order valence-electron chi connectivity index (χ1n) is 9.96. The Balaban J connectivity index is 1.72. The van der Waals surface area contributed by atoms with E-state index in [-0.39, 0.29) is 12.3 Å². The predicted octanol–water partition coefficient (Wildman–Crippen LogP) is 4.49. The van der Waals surface area contributed by atoms with E-state index < -0.39 is 0 Å². The molecule has 0 N–H and O–H groups in total. The van der Waals surface area contributed by atoms with E-state index in [2.05, 4.69) is 4.98 Å². The van der Waals surface area contributed by atoms with Gasteiger partial charge in [-0.2, -0.15) is 0 Å². The first-order valence-corrected chi connectivity index (χ1v) is 10.8. The second-order valence-electron chi connectivity index (χ2n) is 7.01. The minimum atomic E-state index is -0.0731. The standard InChI is InChI=1S/C24H23N3O4S/c1-29-18-8-6-16(7-9-18)13-21(28)27(15-17-5-4-12-25-14-17)24-26-22-19(30-2)10-11-20(31-3)23(22)32-24/h4-12,14H,13,15H2,1-3H3. The molecule has 0 atom stereocenters. The maximum absolute atomic E-state index is 13.4. The van der Waals surface area contributed by atoms with Crippen LogP contribution >= 0.6 is 11.3 Å². The zero-order chi connectivity index (χ0) is 22.5. The fourth-order valence-corrected chi connectivity index (χ4v) is 4.43. The number of methoxy groups -OCH3 is 3. The highest BCUT2D eigenvalue weighted by Crippen LogP contribution is 2.40. The molecule has 4 aromatic rings. The van der Waals surface area contributed by atoms with Gasteiger partial charge in [-0.05, 0) is 41.5 Å². The normalized spacial score (nSPS) is 10.7. The number of nitrogens with zero attached hydrogens (tertiary/aromatic N) is 3. The Morgan fingerprint density at radius 3 is 2.34 bits per heavy atom. The van der Waals surface area contributed by atoms with Gasteiger partial charge in [-0.3, -0.25) is 14.7 Å². The van der Waals surface area contributed by atoms with Crippen molar-refractivity contribution < 1.29 is 19.0 Å². The van der Waals surface area contributed by atoms with Gasteiger partial charge in [-0.25, -0.2) is 4.98 Å². The fraction of sp³-hybridized carbons (Fsp3) is 0.208. The molecule has 4 rings (SSSR count). The zero-order valence-electron chi connectivity index (χ0n) is 18.1. The molecule has 7 nitrogen and oxygen atoms in total. The predicted molar refractivity (Wildman–Crippen MR) is 125 cm³/mol. The summed E-state index contributed by atoms with van der Waals surface area (Å²) in [6, 6.07) is 14.9. The highest BCUT2D eigenvalue weighted by atomic mass is 32.1. The lowest BCUT2D eigenvalue weighted by molar-refractivity contribution is -0.118. The van der Waals surface area contributed by atoms with Crippen LogP contribution in [0.25, 0.3) is 10.2 Å². The number of aromatic nitrogens is 2. The molecule has 164 valence electrons. The van der Waals surface area contributed by atoms with Crippen LogP contribution in [0.4, 0.5) is 5.13 Å². The number of hydrogen-bond acceptors (Lipinski definition) is 7. The number of amides is 1. The van der Waals surface area contributed by atoms with Crippen LogP contribution in [0.3, 0.4) is 0 Å². The molecule has 0 fully saturated rings. The van der Waals surface area contributed by atoms with E-state index >= 15 is 0 Å². The Morgan fingerprint density at radius 2 is 1.69 bits per heavy atom. The molecule has 0 aliphatic carbocycles. The van der Waals surface area contributed by atoms with Gasteiger partial charge in [-0.15, -0.1) is 0 Å². The summed E-state index contributed by atoms with van der Waals surface area (Å²) in [6.45, 7) is 0.354. The summed E-state index contributed by atoms with van der Waals surface area (Å²) >= 11 is 1.40. The van der Waals surface area contributed by atoms with Gasteiger partial charge in [0.1, 0.15) is 27.5 Å². The molecular formula is C24H23N3O4S. The molecule has 32 heavy (non-hydrogen) atoms. The van der Waals surface area contributed by atoms with Crippen molar-refractivity contribution >= 4 is 32.6 Å². The van der Waals surface area contributed by atoms with Crippen LogP contribution in [0.2, 0.25) is 0 Å². The van der Waals surface area contributed by atoms with E-state index in [1.54, 1.807) is 38.6 Å². The van der Waals surface area contributed by atoms with Gasteiger partial charge in [0.05, 0.1) is 34.3 Å². The Bertz CT molecular complexity index is 1170. The summed E-state index contributed by atoms with van der Waals surface area (Å²) in [5.41, 5.74) is 2.47. The molecule has 0 unspecified atom stereocenters. The Kier molecular flexibility index (Phi) is 6.51. The summed E-state index contributed by atoms with van der Waals surface area (Å²) in [5.74, 6) is 2.00. The number of ether oxygens (including phenoxy) is 3. The van der Waals surface area contributed by atoms with Crippen LogP contribution in [-0.4, -0.2) is 37.2 Å². The summed E-state index contributed by atoms with van der Waals surface area (Å²) in [5, 5.41) is 0.574. The number of hydrogen-bond donors (Lipinski definition) is 0. The third kappa shape index (κ3) is 4.50. The van der Waals surface area contributed by atoms with Crippen molar-refractivity contribution in [2.24, 2.45) is 0 Å². The molecular weight excluding hydrogens is 426 g/mol. The van der Waals surface area contributed by atoms with Crippen molar-refractivity contribution in [1.82, 2.24) is 9.97 Å². The molecule has 0 aliphatic heterocycles. The smallest absolute Gasteiger partial charge is 0.233 e. The first-order chi connectivity index (χ1) is 15.6. The van der Waals surface area contributed by atoms with E-state index in [0.717, 1.165) is 21.6 Å². The minimum Gasteiger partial charge on any atom is -0.497 e. The number of fused-ring (bicyclic) bond motifs is 1.